The number of aliphatic hydroxyl groups is 1. The molecule has 106 valence electrons. The maximum atomic E-state index is 11.6. The molecule has 0 spiro atoms. The molecule has 0 aliphatic rings. The topological polar surface area (TPSA) is 108 Å². The number of carbonyl (C=O) groups excluding carboxylic acids is 1. The molecule has 0 rings (SSSR count). The molecule has 3 atom stereocenters. The van der Waals surface area contributed by atoms with Crippen molar-refractivity contribution in [3.8, 4) is 0 Å². The number of nitrogens with one attached hydrogen (secondary N) is 2. The van der Waals surface area contributed by atoms with Crippen LogP contribution in [-0.2, 0) is 9.53 Å². The Morgan fingerprint density at radius 1 is 1.22 bits per heavy atom. The first-order valence-corrected chi connectivity index (χ1v) is 5.76. The summed E-state index contributed by atoms with van der Waals surface area (Å²) in [6.07, 6.45) is -1.17. The number of aliphatic hydroxyl groups excluding tert-OH is 1. The number of aliphatic carboxylic acids is 1. The molecule has 0 saturated heterocycles. The van der Waals surface area contributed by atoms with Crippen LogP contribution in [0.3, 0.4) is 0 Å². The number of methoxy groups -OCH3 is 1. The van der Waals surface area contributed by atoms with Gasteiger partial charge in [-0.05, 0) is 12.8 Å². The number of urea groups is 1. The number of ether oxygens (including phenoxy) is 1. The highest BCUT2D eigenvalue weighted by atomic mass is 16.5. The molecule has 0 heterocycles. The van der Waals surface area contributed by atoms with E-state index in [1.807, 2.05) is 13.8 Å². The van der Waals surface area contributed by atoms with Gasteiger partial charge in [-0.25, -0.2) is 9.59 Å². The Bertz CT molecular complexity index is 281. The molecule has 0 bridgehead atoms. The quantitative estimate of drug-likeness (QED) is 0.508. The van der Waals surface area contributed by atoms with E-state index in [9.17, 15) is 14.7 Å². The number of amides is 2. The average molecular weight is 262 g/mol. The first-order valence-electron chi connectivity index (χ1n) is 5.76. The first kappa shape index (κ1) is 16.7. The molecule has 2 amide bonds. The predicted octanol–water partition coefficient (Wildman–Crippen LogP) is -0.209. The maximum absolute atomic E-state index is 11.6. The zero-order chi connectivity index (χ0) is 14.3. The minimum absolute atomic E-state index is 0.144. The van der Waals surface area contributed by atoms with Crippen molar-refractivity contribution in [1.29, 1.82) is 0 Å². The van der Waals surface area contributed by atoms with Gasteiger partial charge in [0.1, 0.15) is 0 Å². The summed E-state index contributed by atoms with van der Waals surface area (Å²) in [4.78, 5) is 22.4. The molecule has 18 heavy (non-hydrogen) atoms. The summed E-state index contributed by atoms with van der Waals surface area (Å²) in [6.45, 7) is 5.45. The molecule has 7 nitrogen and oxygen atoms in total. The van der Waals surface area contributed by atoms with Gasteiger partial charge in [0.25, 0.3) is 0 Å². The predicted molar refractivity (Wildman–Crippen MR) is 65.3 cm³/mol. The number of carbonyl (C=O) groups is 2. The molecule has 0 saturated carbocycles. The molecule has 0 aliphatic heterocycles. The molecule has 0 aromatic carbocycles. The van der Waals surface area contributed by atoms with E-state index >= 15 is 0 Å². The van der Waals surface area contributed by atoms with Crippen molar-refractivity contribution in [2.45, 2.75) is 39.0 Å². The Morgan fingerprint density at radius 2 is 1.78 bits per heavy atom. The van der Waals surface area contributed by atoms with Crippen molar-refractivity contribution in [2.75, 3.05) is 13.7 Å². The first-order chi connectivity index (χ1) is 8.29. The van der Waals surface area contributed by atoms with Crippen molar-refractivity contribution in [1.82, 2.24) is 10.6 Å². The van der Waals surface area contributed by atoms with Crippen LogP contribution in [0.25, 0.3) is 0 Å². The lowest BCUT2D eigenvalue weighted by Gasteiger charge is -2.24. The minimum Gasteiger partial charge on any atom is -0.480 e. The second kappa shape index (κ2) is 7.88. The molecule has 0 aromatic heterocycles. The lowest BCUT2D eigenvalue weighted by Crippen LogP contribution is -2.54. The van der Waals surface area contributed by atoms with Gasteiger partial charge in [0.15, 0.2) is 6.04 Å². The van der Waals surface area contributed by atoms with E-state index in [-0.39, 0.29) is 12.0 Å². The van der Waals surface area contributed by atoms with Gasteiger partial charge in [-0.1, -0.05) is 13.8 Å². The number of hydrogen-bond acceptors (Lipinski definition) is 4. The fourth-order valence-corrected chi connectivity index (χ4v) is 1.32. The van der Waals surface area contributed by atoms with Gasteiger partial charge in [-0.3, -0.25) is 0 Å². The summed E-state index contributed by atoms with van der Waals surface area (Å²) in [6, 6.07) is -2.20. The third-order valence-corrected chi connectivity index (χ3v) is 2.50. The van der Waals surface area contributed by atoms with Crippen LogP contribution < -0.4 is 10.6 Å². The lowest BCUT2D eigenvalue weighted by molar-refractivity contribution is -0.141. The van der Waals surface area contributed by atoms with Crippen LogP contribution in [0.15, 0.2) is 0 Å². The largest absolute Gasteiger partial charge is 0.480 e. The van der Waals surface area contributed by atoms with Gasteiger partial charge in [0.05, 0.1) is 18.8 Å². The van der Waals surface area contributed by atoms with Gasteiger partial charge in [-0.2, -0.15) is 0 Å². The Balaban J connectivity index is 4.42. The van der Waals surface area contributed by atoms with Gasteiger partial charge < -0.3 is 25.6 Å². The standard InChI is InChI=1S/C11H22N2O5/c1-6(2)8(5-18-4)12-11(17)13-9(7(3)14)10(15)16/h6-9,14H,5H2,1-4H3,(H,15,16)(H2,12,13,17). The lowest BCUT2D eigenvalue weighted by atomic mass is 10.1. The van der Waals surface area contributed by atoms with Crippen LogP contribution in [0.5, 0.6) is 0 Å². The summed E-state index contributed by atoms with van der Waals surface area (Å²) in [7, 11) is 1.52. The molecule has 0 aromatic rings. The van der Waals surface area contributed by atoms with Crippen molar-refractivity contribution in [2.24, 2.45) is 5.92 Å². The third-order valence-electron chi connectivity index (χ3n) is 2.50. The van der Waals surface area contributed by atoms with E-state index in [2.05, 4.69) is 10.6 Å². The maximum Gasteiger partial charge on any atom is 0.328 e. The highest BCUT2D eigenvalue weighted by molar-refractivity contribution is 5.83. The molecule has 4 N–H and O–H groups in total. The van der Waals surface area contributed by atoms with Crippen LogP contribution in [-0.4, -0.2) is 54.1 Å². The molecular weight excluding hydrogens is 240 g/mol. The SMILES string of the molecule is COCC(NC(=O)NC(C(=O)O)C(C)O)C(C)C. The van der Waals surface area contributed by atoms with E-state index in [1.165, 1.54) is 14.0 Å². The minimum atomic E-state index is -1.33. The van der Waals surface area contributed by atoms with E-state index in [0.29, 0.717) is 6.61 Å². The normalized spacial score (nSPS) is 15.9. The molecule has 3 unspecified atom stereocenters. The van der Waals surface area contributed by atoms with Gasteiger partial charge in [0, 0.05) is 7.11 Å². The summed E-state index contributed by atoms with van der Waals surface area (Å²) < 4.78 is 4.96. The second-order valence-corrected chi connectivity index (χ2v) is 4.48. The van der Waals surface area contributed by atoms with Crippen molar-refractivity contribution in [3.63, 3.8) is 0 Å². The van der Waals surface area contributed by atoms with Crippen LogP contribution in [0.2, 0.25) is 0 Å². The van der Waals surface area contributed by atoms with Gasteiger partial charge >= 0.3 is 12.0 Å². The number of carboxylic acids is 1. The van der Waals surface area contributed by atoms with Gasteiger partial charge in [-0.15, -0.1) is 0 Å². The van der Waals surface area contributed by atoms with E-state index in [1.54, 1.807) is 0 Å². The smallest absolute Gasteiger partial charge is 0.328 e. The Hall–Kier alpha value is -1.34. The second-order valence-electron chi connectivity index (χ2n) is 4.48. The molecule has 7 heteroatoms. The third kappa shape index (κ3) is 5.83. The van der Waals surface area contributed by atoms with E-state index in [0.717, 1.165) is 0 Å². The highest BCUT2D eigenvalue weighted by Gasteiger charge is 2.26. The number of carboxylic acid groups (broad SMARTS) is 1. The molecular formula is C11H22N2O5. The summed E-state index contributed by atoms with van der Waals surface area (Å²) in [5, 5.41) is 22.9. The average Bonchev–Trinajstić information content (AvgIpc) is 2.24. The van der Waals surface area contributed by atoms with Crippen molar-refractivity contribution >= 4 is 12.0 Å². The molecule has 0 aliphatic carbocycles. The fourth-order valence-electron chi connectivity index (χ4n) is 1.32. The summed E-state index contributed by atoms with van der Waals surface area (Å²) >= 11 is 0. The fraction of sp³-hybridized carbons (Fsp3) is 0.818. The monoisotopic (exact) mass is 262 g/mol. The highest BCUT2D eigenvalue weighted by Crippen LogP contribution is 2.02. The van der Waals surface area contributed by atoms with Crippen molar-refractivity contribution < 1.29 is 24.5 Å². The summed E-state index contributed by atoms with van der Waals surface area (Å²) in [5.74, 6) is -1.14. The Kier molecular flexibility index (Phi) is 7.30. The Labute approximate surface area is 107 Å². The van der Waals surface area contributed by atoms with Crippen LogP contribution in [0, 0.1) is 5.92 Å². The molecule has 0 radical (unpaired) electrons. The molecule has 0 fully saturated rings. The summed E-state index contributed by atoms with van der Waals surface area (Å²) in [5.41, 5.74) is 0. The van der Waals surface area contributed by atoms with Gasteiger partial charge in [0.2, 0.25) is 0 Å². The van der Waals surface area contributed by atoms with Crippen LogP contribution >= 0.6 is 0 Å². The van der Waals surface area contributed by atoms with E-state index in [4.69, 9.17) is 9.84 Å². The zero-order valence-corrected chi connectivity index (χ0v) is 11.1. The van der Waals surface area contributed by atoms with Crippen LogP contribution in [0.1, 0.15) is 20.8 Å². The van der Waals surface area contributed by atoms with Crippen LogP contribution in [0.4, 0.5) is 4.79 Å². The zero-order valence-electron chi connectivity index (χ0n) is 11.1. The van der Waals surface area contributed by atoms with E-state index < -0.39 is 24.1 Å². The number of rotatable bonds is 7. The van der Waals surface area contributed by atoms with Crippen molar-refractivity contribution in [3.05, 3.63) is 0 Å². The Morgan fingerprint density at radius 3 is 2.11 bits per heavy atom. The number of hydrogen-bond donors (Lipinski definition) is 4.